The number of unbranched alkanes of at least 4 members (excludes halogenated alkanes) is 2. The lowest BCUT2D eigenvalue weighted by Gasteiger charge is -2.29. The van der Waals surface area contributed by atoms with Crippen molar-refractivity contribution in [2.45, 2.75) is 84.0 Å². The minimum atomic E-state index is 0.602. The molecule has 0 atom stereocenters. The first-order chi connectivity index (χ1) is 13.8. The number of rotatable bonds is 7. The molecule has 28 heavy (non-hydrogen) atoms. The van der Waals surface area contributed by atoms with Gasteiger partial charge in [0.15, 0.2) is 0 Å². The van der Waals surface area contributed by atoms with Crippen LogP contribution in [0.1, 0.15) is 100 Å². The number of hydrogen-bond acceptors (Lipinski definition) is 2. The molecule has 1 saturated carbocycles. The SMILES string of the molecule is CCCCC[C@H]1CC[C@H](c2ccc(C#Cc3ncc(CCC)cn3)cc2)CC1. The highest BCUT2D eigenvalue weighted by atomic mass is 14.8. The fraction of sp³-hybridized carbons (Fsp3) is 0.538. The number of aryl methyl sites for hydroxylation is 1. The van der Waals surface area contributed by atoms with Gasteiger partial charge in [-0.1, -0.05) is 64.0 Å². The highest BCUT2D eigenvalue weighted by molar-refractivity contribution is 5.40. The maximum atomic E-state index is 4.35. The van der Waals surface area contributed by atoms with Crippen LogP contribution in [0.25, 0.3) is 0 Å². The second kappa shape index (κ2) is 11.0. The molecule has 148 valence electrons. The molecule has 1 fully saturated rings. The quantitative estimate of drug-likeness (QED) is 0.399. The Morgan fingerprint density at radius 2 is 1.57 bits per heavy atom. The standard InChI is InChI=1S/C26H34N2/c1-3-5-6-8-21-9-14-24(15-10-21)25-16-11-22(12-17-25)13-18-26-27-19-23(7-4-2)20-28-26/h11-12,16-17,19-21,24H,3-10,14-15H2,1-2H3/t21-,24-. The fourth-order valence-corrected chi connectivity index (χ4v) is 4.27. The molecule has 0 unspecified atom stereocenters. The maximum Gasteiger partial charge on any atom is 0.205 e. The Hall–Kier alpha value is -2.14. The van der Waals surface area contributed by atoms with Crippen LogP contribution >= 0.6 is 0 Å². The van der Waals surface area contributed by atoms with Gasteiger partial charge in [0.05, 0.1) is 0 Å². The minimum Gasteiger partial charge on any atom is -0.229 e. The highest BCUT2D eigenvalue weighted by Gasteiger charge is 2.21. The van der Waals surface area contributed by atoms with Crippen LogP contribution in [0.2, 0.25) is 0 Å². The van der Waals surface area contributed by atoms with E-state index in [0.29, 0.717) is 5.82 Å². The molecule has 0 saturated heterocycles. The molecule has 0 radical (unpaired) electrons. The van der Waals surface area contributed by atoms with Gasteiger partial charge in [-0.25, -0.2) is 9.97 Å². The van der Waals surface area contributed by atoms with Crippen molar-refractivity contribution in [3.8, 4) is 11.8 Å². The van der Waals surface area contributed by atoms with E-state index in [1.807, 2.05) is 12.4 Å². The van der Waals surface area contributed by atoms with Gasteiger partial charge < -0.3 is 0 Å². The van der Waals surface area contributed by atoms with Crippen LogP contribution in [-0.4, -0.2) is 9.97 Å². The van der Waals surface area contributed by atoms with E-state index >= 15 is 0 Å². The molecule has 0 amide bonds. The van der Waals surface area contributed by atoms with E-state index in [9.17, 15) is 0 Å². The third kappa shape index (κ3) is 6.20. The van der Waals surface area contributed by atoms with Crippen LogP contribution in [0, 0.1) is 17.8 Å². The van der Waals surface area contributed by atoms with Gasteiger partial charge in [-0.3, -0.25) is 0 Å². The van der Waals surface area contributed by atoms with Crippen LogP contribution in [0.4, 0.5) is 0 Å². The Morgan fingerprint density at radius 1 is 0.857 bits per heavy atom. The highest BCUT2D eigenvalue weighted by Crippen LogP contribution is 2.37. The summed E-state index contributed by atoms with van der Waals surface area (Å²) in [6.07, 6.45) is 17.0. The van der Waals surface area contributed by atoms with Gasteiger partial charge in [0.1, 0.15) is 0 Å². The van der Waals surface area contributed by atoms with Gasteiger partial charge >= 0.3 is 0 Å². The monoisotopic (exact) mass is 374 g/mol. The number of benzene rings is 1. The zero-order chi connectivity index (χ0) is 19.6. The summed E-state index contributed by atoms with van der Waals surface area (Å²) in [4.78, 5) is 8.70. The third-order valence-electron chi connectivity index (χ3n) is 6.01. The summed E-state index contributed by atoms with van der Waals surface area (Å²) in [7, 11) is 0. The summed E-state index contributed by atoms with van der Waals surface area (Å²) in [5.41, 5.74) is 3.70. The van der Waals surface area contributed by atoms with Gasteiger partial charge in [0.2, 0.25) is 5.82 Å². The summed E-state index contributed by atoms with van der Waals surface area (Å²) in [6.45, 7) is 4.46. The lowest BCUT2D eigenvalue weighted by molar-refractivity contribution is 0.303. The second-order valence-corrected chi connectivity index (χ2v) is 8.25. The Morgan fingerprint density at radius 3 is 2.21 bits per heavy atom. The van der Waals surface area contributed by atoms with E-state index in [4.69, 9.17) is 0 Å². The van der Waals surface area contributed by atoms with E-state index in [-0.39, 0.29) is 0 Å². The predicted octanol–water partition coefficient (Wildman–Crippen LogP) is 6.68. The number of nitrogens with zero attached hydrogens (tertiary/aromatic N) is 2. The van der Waals surface area contributed by atoms with Gasteiger partial charge in [0, 0.05) is 18.0 Å². The van der Waals surface area contributed by atoms with Gasteiger partial charge in [-0.15, -0.1) is 0 Å². The molecule has 2 heteroatoms. The fourth-order valence-electron chi connectivity index (χ4n) is 4.27. The number of aromatic nitrogens is 2. The molecule has 1 heterocycles. The van der Waals surface area contributed by atoms with Crippen molar-refractivity contribution in [2.24, 2.45) is 5.92 Å². The van der Waals surface area contributed by atoms with Crippen LogP contribution < -0.4 is 0 Å². The summed E-state index contributed by atoms with van der Waals surface area (Å²) in [5, 5.41) is 0. The first-order valence-corrected chi connectivity index (χ1v) is 11.2. The minimum absolute atomic E-state index is 0.602. The molecule has 0 aliphatic heterocycles. The van der Waals surface area contributed by atoms with Crippen LogP contribution in [0.5, 0.6) is 0 Å². The summed E-state index contributed by atoms with van der Waals surface area (Å²) < 4.78 is 0. The lowest BCUT2D eigenvalue weighted by Crippen LogP contribution is -2.13. The summed E-state index contributed by atoms with van der Waals surface area (Å²) in [6, 6.07) is 8.86. The smallest absolute Gasteiger partial charge is 0.205 e. The molecule has 1 aliphatic rings. The van der Waals surface area contributed by atoms with Crippen molar-refractivity contribution < 1.29 is 0 Å². The topological polar surface area (TPSA) is 25.8 Å². The Labute approximate surface area is 171 Å². The third-order valence-corrected chi connectivity index (χ3v) is 6.01. The van der Waals surface area contributed by atoms with E-state index < -0.39 is 0 Å². The zero-order valence-corrected chi connectivity index (χ0v) is 17.6. The van der Waals surface area contributed by atoms with Crippen molar-refractivity contribution in [3.63, 3.8) is 0 Å². The van der Waals surface area contributed by atoms with E-state index in [1.165, 1.54) is 62.5 Å². The lowest BCUT2D eigenvalue weighted by atomic mass is 9.77. The molecule has 1 aromatic heterocycles. The summed E-state index contributed by atoms with van der Waals surface area (Å²) >= 11 is 0. The molecule has 1 aliphatic carbocycles. The van der Waals surface area contributed by atoms with Crippen LogP contribution in [0.3, 0.4) is 0 Å². The predicted molar refractivity (Wildman–Crippen MR) is 117 cm³/mol. The van der Waals surface area contributed by atoms with Crippen LogP contribution in [0.15, 0.2) is 36.7 Å². The first kappa shape index (κ1) is 20.6. The average molecular weight is 375 g/mol. The molecular formula is C26H34N2. The number of hydrogen-bond donors (Lipinski definition) is 0. The van der Waals surface area contributed by atoms with Gasteiger partial charge in [-0.2, -0.15) is 0 Å². The summed E-state index contributed by atoms with van der Waals surface area (Å²) in [5.74, 6) is 8.60. The normalized spacial score (nSPS) is 19.1. The molecular weight excluding hydrogens is 340 g/mol. The van der Waals surface area contributed by atoms with Gasteiger partial charge in [-0.05, 0) is 73.1 Å². The van der Waals surface area contributed by atoms with Crippen molar-refractivity contribution in [1.82, 2.24) is 9.97 Å². The largest absolute Gasteiger partial charge is 0.229 e. The first-order valence-electron chi connectivity index (χ1n) is 11.2. The molecule has 0 spiro atoms. The molecule has 1 aromatic carbocycles. The Kier molecular flexibility index (Phi) is 8.09. The second-order valence-electron chi connectivity index (χ2n) is 8.25. The molecule has 0 N–H and O–H groups in total. The Bertz CT molecular complexity index is 757. The average Bonchev–Trinajstić information content (AvgIpc) is 2.75. The zero-order valence-electron chi connectivity index (χ0n) is 17.6. The van der Waals surface area contributed by atoms with Crippen LogP contribution in [-0.2, 0) is 6.42 Å². The Balaban J connectivity index is 1.52. The van der Waals surface area contributed by atoms with Crippen molar-refractivity contribution in [2.75, 3.05) is 0 Å². The maximum absolute atomic E-state index is 4.35. The van der Waals surface area contributed by atoms with E-state index in [0.717, 1.165) is 30.2 Å². The van der Waals surface area contributed by atoms with Crippen molar-refractivity contribution in [3.05, 3.63) is 59.2 Å². The van der Waals surface area contributed by atoms with Crippen molar-refractivity contribution >= 4 is 0 Å². The van der Waals surface area contributed by atoms with E-state index in [2.05, 4.69) is 59.9 Å². The van der Waals surface area contributed by atoms with Gasteiger partial charge in [0.25, 0.3) is 0 Å². The molecule has 3 rings (SSSR count). The van der Waals surface area contributed by atoms with E-state index in [1.54, 1.807) is 0 Å². The molecule has 2 aromatic rings. The molecule has 0 bridgehead atoms. The van der Waals surface area contributed by atoms with Crippen molar-refractivity contribution in [1.29, 1.82) is 0 Å². The molecule has 2 nitrogen and oxygen atoms in total.